The molecule has 0 aromatic heterocycles. The molecule has 0 bridgehead atoms. The molecule has 0 aliphatic carbocycles. The second kappa shape index (κ2) is 9.90. The summed E-state index contributed by atoms with van der Waals surface area (Å²) in [6, 6.07) is 3.86. The van der Waals surface area contributed by atoms with Crippen molar-refractivity contribution >= 4 is 39.8 Å². The van der Waals surface area contributed by atoms with Gasteiger partial charge in [-0.05, 0) is 62.1 Å². The van der Waals surface area contributed by atoms with Crippen LogP contribution in [0.25, 0.3) is 5.57 Å². The molecule has 1 heterocycles. The Morgan fingerprint density at radius 3 is 2.41 bits per heavy atom. The molecule has 0 radical (unpaired) electrons. The van der Waals surface area contributed by atoms with Crippen LogP contribution in [0.5, 0.6) is 0 Å². The highest BCUT2D eigenvalue weighted by Gasteiger charge is 2.30. The molecule has 0 unspecified atom stereocenters. The summed E-state index contributed by atoms with van der Waals surface area (Å²) in [5, 5.41) is 2.52. The van der Waals surface area contributed by atoms with E-state index in [0.717, 1.165) is 29.2 Å². The number of alkyl halides is 3. The predicted molar refractivity (Wildman–Crippen MR) is 111 cm³/mol. The van der Waals surface area contributed by atoms with Gasteiger partial charge >= 0.3 is 6.18 Å². The smallest absolute Gasteiger partial charge is 0.307 e. The molecule has 1 aromatic carbocycles. The quantitative estimate of drug-likeness (QED) is 0.458. The minimum absolute atomic E-state index is 0.122. The van der Waals surface area contributed by atoms with Crippen molar-refractivity contribution in [2.75, 3.05) is 0 Å². The zero-order valence-corrected chi connectivity index (χ0v) is 17.3. The van der Waals surface area contributed by atoms with E-state index in [2.05, 4.69) is 11.9 Å². The van der Waals surface area contributed by atoms with Crippen LogP contribution in [0, 0.1) is 6.92 Å². The molecular formula is C20H22F3NOS2. The van der Waals surface area contributed by atoms with Crippen molar-refractivity contribution in [1.82, 2.24) is 5.32 Å². The summed E-state index contributed by atoms with van der Waals surface area (Å²) in [7, 11) is 0. The third-order valence-electron chi connectivity index (χ3n) is 3.52. The molecule has 0 atom stereocenters. The number of aryl methyl sites for hydroxylation is 1. The Bertz CT molecular complexity index is 808. The van der Waals surface area contributed by atoms with Crippen LogP contribution in [0.3, 0.4) is 0 Å². The number of hydrogen-bond donors (Lipinski definition) is 1. The second-order valence-electron chi connectivity index (χ2n) is 6.02. The lowest BCUT2D eigenvalue weighted by Gasteiger charge is -2.11. The van der Waals surface area contributed by atoms with Crippen molar-refractivity contribution in [3.05, 3.63) is 64.1 Å². The molecular weight excluding hydrogens is 391 g/mol. The van der Waals surface area contributed by atoms with Crippen molar-refractivity contribution in [1.29, 1.82) is 0 Å². The van der Waals surface area contributed by atoms with E-state index in [1.807, 2.05) is 33.8 Å². The van der Waals surface area contributed by atoms with Gasteiger partial charge in [0.1, 0.15) is 4.32 Å². The van der Waals surface area contributed by atoms with Crippen LogP contribution in [-0.2, 0) is 11.0 Å². The van der Waals surface area contributed by atoms with E-state index >= 15 is 0 Å². The van der Waals surface area contributed by atoms with E-state index in [-0.39, 0.29) is 5.91 Å². The van der Waals surface area contributed by atoms with E-state index in [9.17, 15) is 18.0 Å². The number of nitrogens with one attached hydrogen (secondary N) is 1. The van der Waals surface area contributed by atoms with Gasteiger partial charge in [0, 0.05) is 0 Å². The van der Waals surface area contributed by atoms with Crippen molar-refractivity contribution in [3.63, 3.8) is 0 Å². The fourth-order valence-electron chi connectivity index (χ4n) is 2.28. The molecule has 1 saturated heterocycles. The third kappa shape index (κ3) is 7.34. The Morgan fingerprint density at radius 1 is 1.33 bits per heavy atom. The zero-order valence-electron chi connectivity index (χ0n) is 15.7. The number of thioether (sulfide) groups is 1. The largest absolute Gasteiger partial charge is 0.416 e. The maximum atomic E-state index is 12.5. The highest BCUT2D eigenvalue weighted by Crippen LogP contribution is 2.32. The van der Waals surface area contributed by atoms with Gasteiger partial charge in [-0.2, -0.15) is 13.2 Å². The number of amides is 1. The van der Waals surface area contributed by atoms with E-state index in [0.29, 0.717) is 14.8 Å². The molecule has 1 N–H and O–H groups in total. The van der Waals surface area contributed by atoms with Crippen LogP contribution in [0.2, 0.25) is 0 Å². The molecule has 27 heavy (non-hydrogen) atoms. The van der Waals surface area contributed by atoms with Crippen LogP contribution >= 0.6 is 24.0 Å². The molecule has 1 aliphatic rings. The number of allylic oxidation sites excluding steroid dienone is 4. The lowest BCUT2D eigenvalue weighted by atomic mass is 9.98. The van der Waals surface area contributed by atoms with Gasteiger partial charge in [-0.3, -0.25) is 4.79 Å². The number of hydrogen-bond acceptors (Lipinski definition) is 3. The number of thiocarbonyl (C=S) groups is 1. The van der Waals surface area contributed by atoms with Gasteiger partial charge in [0.2, 0.25) is 0 Å². The van der Waals surface area contributed by atoms with Crippen LogP contribution < -0.4 is 5.32 Å². The Labute approximate surface area is 167 Å². The fourth-order valence-corrected chi connectivity index (χ4v) is 3.39. The topological polar surface area (TPSA) is 29.1 Å². The first-order chi connectivity index (χ1) is 12.5. The number of benzene rings is 1. The predicted octanol–water partition coefficient (Wildman–Crippen LogP) is 6.42. The second-order valence-corrected chi connectivity index (χ2v) is 7.74. The Kier molecular flexibility index (Phi) is 8.50. The molecule has 0 spiro atoms. The molecule has 1 amide bonds. The van der Waals surface area contributed by atoms with Crippen LogP contribution in [0.4, 0.5) is 13.2 Å². The molecule has 1 aliphatic heterocycles. The van der Waals surface area contributed by atoms with Gasteiger partial charge in [0.15, 0.2) is 0 Å². The Hall–Kier alpha value is -1.86. The molecule has 0 saturated carbocycles. The van der Waals surface area contributed by atoms with Gasteiger partial charge in [-0.15, -0.1) is 0 Å². The summed E-state index contributed by atoms with van der Waals surface area (Å²) in [5.74, 6) is -0.122. The van der Waals surface area contributed by atoms with Gasteiger partial charge in [0.05, 0.1) is 10.5 Å². The van der Waals surface area contributed by atoms with Gasteiger partial charge in [-0.1, -0.05) is 55.2 Å². The first-order valence-electron chi connectivity index (χ1n) is 8.21. The number of carbonyl (C=O) groups excluding carboxylic acids is 1. The molecule has 2 rings (SSSR count). The minimum atomic E-state index is -4.27. The molecule has 1 fully saturated rings. The Balaban J connectivity index is 0.000000289. The maximum absolute atomic E-state index is 12.5. The first kappa shape index (κ1) is 23.2. The van der Waals surface area contributed by atoms with Crippen molar-refractivity contribution < 1.29 is 18.0 Å². The van der Waals surface area contributed by atoms with E-state index in [1.165, 1.54) is 23.9 Å². The third-order valence-corrected chi connectivity index (χ3v) is 4.68. The average Bonchev–Trinajstić information content (AvgIpc) is 2.84. The summed E-state index contributed by atoms with van der Waals surface area (Å²) >= 11 is 6.06. The highest BCUT2D eigenvalue weighted by atomic mass is 32.2. The van der Waals surface area contributed by atoms with Crippen molar-refractivity contribution in [3.8, 4) is 0 Å². The molecule has 7 heteroatoms. The Morgan fingerprint density at radius 2 is 1.96 bits per heavy atom. The zero-order chi connectivity index (χ0) is 20.8. The van der Waals surface area contributed by atoms with Gasteiger partial charge in [-0.25, -0.2) is 0 Å². The average molecular weight is 414 g/mol. The summed E-state index contributed by atoms with van der Waals surface area (Å²) < 4.78 is 38.1. The fraction of sp³-hybridized carbons (Fsp3) is 0.300. The van der Waals surface area contributed by atoms with Gasteiger partial charge < -0.3 is 5.32 Å². The summed E-state index contributed by atoms with van der Waals surface area (Å²) in [6.07, 6.45) is 0.207. The van der Waals surface area contributed by atoms with Crippen LogP contribution in [0.15, 0.2) is 47.4 Å². The molecule has 1 aromatic rings. The first-order valence-corrected chi connectivity index (χ1v) is 9.43. The van der Waals surface area contributed by atoms with Crippen LogP contribution in [-0.4, -0.2) is 10.2 Å². The number of carbonyl (C=O) groups is 1. The van der Waals surface area contributed by atoms with E-state index in [4.69, 9.17) is 12.2 Å². The summed E-state index contributed by atoms with van der Waals surface area (Å²) in [6.45, 7) is 11.1. The highest BCUT2D eigenvalue weighted by molar-refractivity contribution is 8.26. The SMILES string of the molecule is C=C(C)/C=C1/SC(=S)NC1=O.CC/C=C(\C)c1cc(C(F)(F)F)ccc1C. The van der Waals surface area contributed by atoms with Crippen molar-refractivity contribution in [2.45, 2.75) is 40.3 Å². The van der Waals surface area contributed by atoms with Crippen LogP contribution in [0.1, 0.15) is 43.9 Å². The monoisotopic (exact) mass is 413 g/mol. The number of rotatable bonds is 3. The van der Waals surface area contributed by atoms with Crippen molar-refractivity contribution in [2.24, 2.45) is 0 Å². The standard InChI is InChI=1S/C13H15F3.C7H7NOS2/c1-4-5-9(2)12-8-11(13(14,15)16)7-6-10(12)3;1-4(2)3-5-6(9)8-7(10)11-5/h5-8H,4H2,1-3H3;3H,1H2,2H3,(H,8,9,10)/b9-5+;5-3+. The molecule has 2 nitrogen and oxygen atoms in total. The number of halogens is 3. The maximum Gasteiger partial charge on any atom is 0.416 e. The lowest BCUT2D eigenvalue weighted by Crippen LogP contribution is -2.17. The summed E-state index contributed by atoms with van der Waals surface area (Å²) in [5.41, 5.74) is 2.71. The molecule has 146 valence electrons. The lowest BCUT2D eigenvalue weighted by molar-refractivity contribution is -0.137. The normalized spacial score (nSPS) is 16.1. The van der Waals surface area contributed by atoms with E-state index in [1.54, 1.807) is 6.08 Å². The van der Waals surface area contributed by atoms with E-state index < -0.39 is 11.7 Å². The minimum Gasteiger partial charge on any atom is -0.307 e. The summed E-state index contributed by atoms with van der Waals surface area (Å²) in [4.78, 5) is 11.6. The van der Waals surface area contributed by atoms with Gasteiger partial charge in [0.25, 0.3) is 5.91 Å².